The maximum atomic E-state index is 8.79. The predicted octanol–water partition coefficient (Wildman–Crippen LogP) is 3.78. The maximum Gasteiger partial charge on any atom is 0.0970 e. The average Bonchev–Trinajstić information content (AvgIpc) is 2.91. The second kappa shape index (κ2) is 5.90. The molecule has 3 rings (SSSR count). The molecule has 1 aromatic carbocycles. The SMILES string of the molecule is C[C@@H](CC#N)N1CCC(c2nc3ccccc3s2)CC1. The third-order valence-corrected chi connectivity index (χ3v) is 5.40. The summed E-state index contributed by atoms with van der Waals surface area (Å²) in [5.41, 5.74) is 1.13. The minimum Gasteiger partial charge on any atom is -0.300 e. The largest absolute Gasteiger partial charge is 0.300 e. The molecule has 1 aliphatic rings. The highest BCUT2D eigenvalue weighted by atomic mass is 32.1. The van der Waals surface area contributed by atoms with E-state index in [1.165, 1.54) is 9.71 Å². The summed E-state index contributed by atoms with van der Waals surface area (Å²) in [7, 11) is 0. The highest BCUT2D eigenvalue weighted by Gasteiger charge is 2.25. The van der Waals surface area contributed by atoms with Crippen LogP contribution in [-0.2, 0) is 0 Å². The molecule has 0 bridgehead atoms. The first-order chi connectivity index (χ1) is 9.78. The van der Waals surface area contributed by atoms with Crippen molar-refractivity contribution in [3.8, 4) is 6.07 Å². The number of benzene rings is 1. The van der Waals surface area contributed by atoms with Crippen LogP contribution in [0.2, 0.25) is 0 Å². The number of piperidine rings is 1. The van der Waals surface area contributed by atoms with Gasteiger partial charge >= 0.3 is 0 Å². The molecule has 0 amide bonds. The van der Waals surface area contributed by atoms with Crippen molar-refractivity contribution < 1.29 is 0 Å². The molecular weight excluding hydrogens is 266 g/mol. The first kappa shape index (κ1) is 13.5. The van der Waals surface area contributed by atoms with E-state index >= 15 is 0 Å². The fourth-order valence-electron chi connectivity index (χ4n) is 2.91. The molecular formula is C16H19N3S. The van der Waals surface area contributed by atoms with Crippen LogP contribution in [-0.4, -0.2) is 29.0 Å². The molecule has 1 aliphatic heterocycles. The van der Waals surface area contributed by atoms with E-state index in [1.807, 2.05) is 11.3 Å². The van der Waals surface area contributed by atoms with Gasteiger partial charge in [-0.1, -0.05) is 12.1 Å². The van der Waals surface area contributed by atoms with Crippen molar-refractivity contribution in [3.63, 3.8) is 0 Å². The molecule has 0 radical (unpaired) electrons. The van der Waals surface area contributed by atoms with Crippen molar-refractivity contribution in [2.24, 2.45) is 0 Å². The highest BCUT2D eigenvalue weighted by Crippen LogP contribution is 2.34. The topological polar surface area (TPSA) is 39.9 Å². The summed E-state index contributed by atoms with van der Waals surface area (Å²) in [4.78, 5) is 7.23. The Morgan fingerprint density at radius 3 is 2.85 bits per heavy atom. The number of hydrogen-bond donors (Lipinski definition) is 0. The van der Waals surface area contributed by atoms with Crippen LogP contribution < -0.4 is 0 Å². The molecule has 1 saturated heterocycles. The zero-order chi connectivity index (χ0) is 13.9. The van der Waals surface area contributed by atoms with Crippen LogP contribution in [0.3, 0.4) is 0 Å². The van der Waals surface area contributed by atoms with E-state index < -0.39 is 0 Å². The molecule has 104 valence electrons. The lowest BCUT2D eigenvalue weighted by Crippen LogP contribution is -2.39. The van der Waals surface area contributed by atoms with E-state index in [4.69, 9.17) is 10.2 Å². The highest BCUT2D eigenvalue weighted by molar-refractivity contribution is 7.18. The fraction of sp³-hybridized carbons (Fsp3) is 0.500. The van der Waals surface area contributed by atoms with E-state index in [-0.39, 0.29) is 0 Å². The Bertz CT molecular complexity index is 587. The summed E-state index contributed by atoms with van der Waals surface area (Å²) < 4.78 is 1.29. The minimum absolute atomic E-state index is 0.385. The molecule has 20 heavy (non-hydrogen) atoms. The number of para-hydroxylation sites is 1. The van der Waals surface area contributed by atoms with Gasteiger partial charge in [-0.05, 0) is 45.0 Å². The van der Waals surface area contributed by atoms with E-state index in [2.05, 4.69) is 42.2 Å². The van der Waals surface area contributed by atoms with Crippen molar-refractivity contribution in [2.75, 3.05) is 13.1 Å². The molecule has 2 aromatic rings. The van der Waals surface area contributed by atoms with Gasteiger partial charge in [0.25, 0.3) is 0 Å². The zero-order valence-corrected chi connectivity index (χ0v) is 12.6. The van der Waals surface area contributed by atoms with Crippen molar-refractivity contribution in [3.05, 3.63) is 29.3 Å². The minimum atomic E-state index is 0.385. The number of thiazole rings is 1. The second-order valence-corrected chi connectivity index (χ2v) is 6.60. The standard InChI is InChI=1S/C16H19N3S/c1-12(6-9-17)19-10-7-13(8-11-19)16-18-14-4-2-3-5-15(14)20-16/h2-5,12-13H,6-8,10-11H2,1H3/t12-/m0/s1. The van der Waals surface area contributed by atoms with Crippen LogP contribution in [0.5, 0.6) is 0 Å². The molecule has 3 nitrogen and oxygen atoms in total. The van der Waals surface area contributed by atoms with Gasteiger partial charge in [0.05, 0.1) is 27.7 Å². The molecule has 0 saturated carbocycles. The lowest BCUT2D eigenvalue weighted by Gasteiger charge is -2.34. The molecule has 0 aliphatic carbocycles. The predicted molar refractivity (Wildman–Crippen MR) is 82.9 cm³/mol. The van der Waals surface area contributed by atoms with Crippen LogP contribution in [0, 0.1) is 11.3 Å². The quantitative estimate of drug-likeness (QED) is 0.861. The smallest absolute Gasteiger partial charge is 0.0970 e. The number of likely N-dealkylation sites (tertiary alicyclic amines) is 1. The van der Waals surface area contributed by atoms with Crippen molar-refractivity contribution in [1.29, 1.82) is 5.26 Å². The van der Waals surface area contributed by atoms with Gasteiger partial charge in [0.15, 0.2) is 0 Å². The number of aromatic nitrogens is 1. The van der Waals surface area contributed by atoms with Crippen molar-refractivity contribution >= 4 is 21.6 Å². The lowest BCUT2D eigenvalue weighted by atomic mass is 9.96. The van der Waals surface area contributed by atoms with E-state index in [1.54, 1.807) is 0 Å². The van der Waals surface area contributed by atoms with Crippen molar-refractivity contribution in [2.45, 2.75) is 38.1 Å². The Balaban J connectivity index is 1.67. The first-order valence-electron chi connectivity index (χ1n) is 7.24. The zero-order valence-electron chi connectivity index (χ0n) is 11.7. The van der Waals surface area contributed by atoms with Crippen LogP contribution in [0.1, 0.15) is 37.1 Å². The van der Waals surface area contributed by atoms with Gasteiger partial charge in [-0.25, -0.2) is 4.98 Å². The molecule has 0 unspecified atom stereocenters. The molecule has 1 aromatic heterocycles. The molecule has 2 heterocycles. The Hall–Kier alpha value is -1.44. The molecule has 0 spiro atoms. The molecule has 4 heteroatoms. The van der Waals surface area contributed by atoms with Crippen LogP contribution >= 0.6 is 11.3 Å². The molecule has 1 atom stereocenters. The summed E-state index contributed by atoms with van der Waals surface area (Å²) >= 11 is 1.84. The number of hydrogen-bond acceptors (Lipinski definition) is 4. The lowest BCUT2D eigenvalue weighted by molar-refractivity contribution is 0.163. The van der Waals surface area contributed by atoms with Crippen LogP contribution in [0.25, 0.3) is 10.2 Å². The molecule has 0 N–H and O–H groups in total. The summed E-state index contributed by atoms with van der Waals surface area (Å²) in [5.74, 6) is 0.595. The number of nitriles is 1. The Labute approximate surface area is 123 Å². The normalized spacial score (nSPS) is 19.0. The van der Waals surface area contributed by atoms with Crippen molar-refractivity contribution in [1.82, 2.24) is 9.88 Å². The van der Waals surface area contributed by atoms with E-state index in [0.717, 1.165) is 31.4 Å². The summed E-state index contributed by atoms with van der Waals surface area (Å²) in [6, 6.07) is 11.0. The van der Waals surface area contributed by atoms with Gasteiger partial charge < -0.3 is 0 Å². The Kier molecular flexibility index (Phi) is 4.00. The Morgan fingerprint density at radius 1 is 1.40 bits per heavy atom. The Morgan fingerprint density at radius 2 is 2.15 bits per heavy atom. The third-order valence-electron chi connectivity index (χ3n) is 4.20. The first-order valence-corrected chi connectivity index (χ1v) is 8.06. The third kappa shape index (κ3) is 2.70. The summed E-state index contributed by atoms with van der Waals surface area (Å²) in [6.07, 6.45) is 2.96. The van der Waals surface area contributed by atoms with Crippen LogP contribution in [0.4, 0.5) is 0 Å². The van der Waals surface area contributed by atoms with Gasteiger partial charge in [-0.3, -0.25) is 4.90 Å². The summed E-state index contributed by atoms with van der Waals surface area (Å²) in [6.45, 7) is 4.33. The summed E-state index contributed by atoms with van der Waals surface area (Å²) in [5, 5.41) is 10.1. The number of rotatable bonds is 3. The number of fused-ring (bicyclic) bond motifs is 1. The van der Waals surface area contributed by atoms with Gasteiger partial charge in [-0.15, -0.1) is 11.3 Å². The van der Waals surface area contributed by atoms with Gasteiger partial charge in [-0.2, -0.15) is 5.26 Å². The number of nitrogens with zero attached hydrogens (tertiary/aromatic N) is 3. The molecule has 1 fully saturated rings. The van der Waals surface area contributed by atoms with Gasteiger partial charge in [0, 0.05) is 12.0 Å². The fourth-order valence-corrected chi connectivity index (χ4v) is 4.05. The van der Waals surface area contributed by atoms with E-state index in [0.29, 0.717) is 18.4 Å². The monoisotopic (exact) mass is 285 g/mol. The van der Waals surface area contributed by atoms with Crippen LogP contribution in [0.15, 0.2) is 24.3 Å². The van der Waals surface area contributed by atoms with Gasteiger partial charge in [0.1, 0.15) is 0 Å². The maximum absolute atomic E-state index is 8.79. The van der Waals surface area contributed by atoms with E-state index in [9.17, 15) is 0 Å². The second-order valence-electron chi connectivity index (χ2n) is 5.54. The average molecular weight is 285 g/mol. The van der Waals surface area contributed by atoms with Gasteiger partial charge in [0.2, 0.25) is 0 Å².